The molecule has 19 heavy (non-hydrogen) atoms. The molecule has 5 heteroatoms. The molecule has 0 spiro atoms. The molecular weight excluding hydrogens is 244 g/mol. The molecule has 0 fully saturated rings. The van der Waals surface area contributed by atoms with Crippen LogP contribution in [0.5, 0.6) is 0 Å². The Morgan fingerprint density at radius 1 is 1.05 bits per heavy atom. The van der Waals surface area contributed by atoms with Gasteiger partial charge in [0.2, 0.25) is 0 Å². The summed E-state index contributed by atoms with van der Waals surface area (Å²) in [5.41, 5.74) is 2.68. The first-order chi connectivity index (χ1) is 8.82. The molecule has 1 aromatic carbocycles. The minimum atomic E-state index is -1.37. The number of benzene rings is 1. The van der Waals surface area contributed by atoms with Crippen LogP contribution in [-0.4, -0.2) is 17.2 Å². The minimum Gasteiger partial charge on any atom is -0.465 e. The minimum absolute atomic E-state index is 0.235. The third-order valence-corrected chi connectivity index (χ3v) is 2.83. The molecule has 0 aliphatic carbocycles. The van der Waals surface area contributed by atoms with E-state index in [1.165, 1.54) is 0 Å². The molecule has 0 unspecified atom stereocenters. The predicted octanol–water partition coefficient (Wildman–Crippen LogP) is 3.73. The van der Waals surface area contributed by atoms with Gasteiger partial charge in [-0.2, -0.15) is 0 Å². The predicted molar refractivity (Wildman–Crippen MR) is 74.8 cm³/mol. The summed E-state index contributed by atoms with van der Waals surface area (Å²) in [5, 5.41) is 13.0. The highest BCUT2D eigenvalue weighted by molar-refractivity contribution is 5.99. The number of urea groups is 1. The quantitative estimate of drug-likeness (QED) is 0.778. The van der Waals surface area contributed by atoms with Gasteiger partial charge in [0.05, 0.1) is 0 Å². The van der Waals surface area contributed by atoms with Crippen LogP contribution >= 0.6 is 0 Å². The number of carbonyl (C=O) groups excluding carboxylic acids is 1. The first-order valence-corrected chi connectivity index (χ1v) is 6.26. The SMILES string of the molecule is CC(C)c1cccc(C(C)C)c1NC(=O)NC(=O)O. The molecule has 0 bridgehead atoms. The number of carboxylic acid groups (broad SMARTS) is 1. The van der Waals surface area contributed by atoms with E-state index in [2.05, 4.69) is 5.32 Å². The number of amides is 3. The second-order valence-electron chi connectivity index (χ2n) is 5.01. The van der Waals surface area contributed by atoms with E-state index < -0.39 is 12.1 Å². The average Bonchev–Trinajstić information content (AvgIpc) is 2.27. The highest BCUT2D eigenvalue weighted by Gasteiger charge is 2.16. The maximum Gasteiger partial charge on any atom is 0.412 e. The number of nitrogens with one attached hydrogen (secondary N) is 2. The number of imide groups is 1. The fraction of sp³-hybridized carbons (Fsp3) is 0.429. The molecule has 0 aromatic heterocycles. The Bertz CT molecular complexity index is 455. The molecule has 5 nitrogen and oxygen atoms in total. The van der Waals surface area contributed by atoms with E-state index in [4.69, 9.17) is 5.11 Å². The molecule has 0 radical (unpaired) electrons. The third-order valence-electron chi connectivity index (χ3n) is 2.83. The van der Waals surface area contributed by atoms with Crippen molar-refractivity contribution in [1.82, 2.24) is 5.32 Å². The molecule has 0 saturated heterocycles. The highest BCUT2D eigenvalue weighted by atomic mass is 16.4. The number of anilines is 1. The molecule has 3 amide bonds. The summed E-state index contributed by atoms with van der Waals surface area (Å²) in [6.07, 6.45) is -1.37. The first kappa shape index (κ1) is 15.0. The Kier molecular flexibility index (Phi) is 4.92. The van der Waals surface area contributed by atoms with Crippen molar-refractivity contribution in [2.75, 3.05) is 5.32 Å². The normalized spacial score (nSPS) is 10.6. The van der Waals surface area contributed by atoms with Crippen LogP contribution in [0.15, 0.2) is 18.2 Å². The van der Waals surface area contributed by atoms with Gasteiger partial charge in [0.25, 0.3) is 0 Å². The average molecular weight is 264 g/mol. The van der Waals surface area contributed by atoms with Gasteiger partial charge in [0.15, 0.2) is 0 Å². The van der Waals surface area contributed by atoms with Crippen LogP contribution in [0.25, 0.3) is 0 Å². The van der Waals surface area contributed by atoms with Gasteiger partial charge in [-0.25, -0.2) is 14.9 Å². The van der Waals surface area contributed by atoms with Gasteiger partial charge in [-0.3, -0.25) is 0 Å². The number of para-hydroxylation sites is 1. The smallest absolute Gasteiger partial charge is 0.412 e. The number of rotatable bonds is 3. The van der Waals surface area contributed by atoms with E-state index in [0.29, 0.717) is 5.69 Å². The van der Waals surface area contributed by atoms with Crippen LogP contribution in [0.2, 0.25) is 0 Å². The summed E-state index contributed by atoms with van der Waals surface area (Å²) >= 11 is 0. The molecule has 0 aliphatic heterocycles. The Morgan fingerprint density at radius 3 is 1.89 bits per heavy atom. The Hall–Kier alpha value is -2.04. The lowest BCUT2D eigenvalue weighted by atomic mass is 9.93. The fourth-order valence-corrected chi connectivity index (χ4v) is 1.94. The maximum absolute atomic E-state index is 11.6. The number of hydrogen-bond acceptors (Lipinski definition) is 2. The van der Waals surface area contributed by atoms with Crippen LogP contribution in [0.1, 0.15) is 50.7 Å². The van der Waals surface area contributed by atoms with Crippen LogP contribution < -0.4 is 10.6 Å². The van der Waals surface area contributed by atoms with Crippen molar-refractivity contribution in [3.05, 3.63) is 29.3 Å². The molecule has 104 valence electrons. The van der Waals surface area contributed by atoms with E-state index >= 15 is 0 Å². The Labute approximate surface area is 113 Å². The topological polar surface area (TPSA) is 78.4 Å². The standard InChI is InChI=1S/C14H20N2O3/c1-8(2)10-6-5-7-11(9(3)4)12(10)15-13(17)16-14(18)19/h5-9H,1-4H3,(H,18,19)(H2,15,16,17). The van der Waals surface area contributed by atoms with E-state index in [1.54, 1.807) is 5.32 Å². The lowest BCUT2D eigenvalue weighted by Crippen LogP contribution is -2.33. The van der Waals surface area contributed by atoms with Crippen molar-refractivity contribution in [3.63, 3.8) is 0 Å². The lowest BCUT2D eigenvalue weighted by molar-refractivity contribution is 0.194. The maximum atomic E-state index is 11.6. The van der Waals surface area contributed by atoms with Crippen molar-refractivity contribution in [2.24, 2.45) is 0 Å². The van der Waals surface area contributed by atoms with Gasteiger partial charge in [0.1, 0.15) is 0 Å². The largest absolute Gasteiger partial charge is 0.465 e. The summed E-state index contributed by atoms with van der Waals surface area (Å²) < 4.78 is 0. The summed E-state index contributed by atoms with van der Waals surface area (Å²) in [5.74, 6) is 0.470. The zero-order chi connectivity index (χ0) is 14.6. The monoisotopic (exact) mass is 264 g/mol. The molecule has 3 N–H and O–H groups in total. The zero-order valence-electron chi connectivity index (χ0n) is 11.7. The van der Waals surface area contributed by atoms with Gasteiger partial charge in [-0.05, 0) is 23.0 Å². The molecule has 0 atom stereocenters. The molecule has 0 aliphatic rings. The summed E-state index contributed by atoms with van der Waals surface area (Å²) in [4.78, 5) is 22.0. The van der Waals surface area contributed by atoms with Gasteiger partial charge < -0.3 is 10.4 Å². The lowest BCUT2D eigenvalue weighted by Gasteiger charge is -2.19. The van der Waals surface area contributed by atoms with E-state index in [9.17, 15) is 9.59 Å². The summed E-state index contributed by atoms with van der Waals surface area (Å²) in [6.45, 7) is 8.11. The molecule has 1 rings (SSSR count). The Morgan fingerprint density at radius 2 is 1.53 bits per heavy atom. The molecule has 0 saturated carbocycles. The van der Waals surface area contributed by atoms with Crippen molar-refractivity contribution in [2.45, 2.75) is 39.5 Å². The van der Waals surface area contributed by atoms with Crippen LogP contribution in [-0.2, 0) is 0 Å². The zero-order valence-corrected chi connectivity index (χ0v) is 11.7. The van der Waals surface area contributed by atoms with Crippen molar-refractivity contribution in [3.8, 4) is 0 Å². The highest BCUT2D eigenvalue weighted by Crippen LogP contribution is 2.32. The fourth-order valence-electron chi connectivity index (χ4n) is 1.94. The van der Waals surface area contributed by atoms with Gasteiger partial charge in [-0.15, -0.1) is 0 Å². The molecule has 0 heterocycles. The van der Waals surface area contributed by atoms with Crippen molar-refractivity contribution in [1.29, 1.82) is 0 Å². The van der Waals surface area contributed by atoms with E-state index in [0.717, 1.165) is 11.1 Å². The number of carbonyl (C=O) groups is 2. The van der Waals surface area contributed by atoms with E-state index in [-0.39, 0.29) is 11.8 Å². The van der Waals surface area contributed by atoms with Gasteiger partial charge >= 0.3 is 12.1 Å². The second kappa shape index (κ2) is 6.22. The van der Waals surface area contributed by atoms with Gasteiger partial charge in [0, 0.05) is 5.69 Å². The van der Waals surface area contributed by atoms with Crippen LogP contribution in [0, 0.1) is 0 Å². The van der Waals surface area contributed by atoms with Crippen LogP contribution in [0.4, 0.5) is 15.3 Å². The van der Waals surface area contributed by atoms with Crippen molar-refractivity contribution < 1.29 is 14.7 Å². The summed E-state index contributed by atoms with van der Waals surface area (Å²) in [6, 6.07) is 5.09. The summed E-state index contributed by atoms with van der Waals surface area (Å²) in [7, 11) is 0. The van der Waals surface area contributed by atoms with Gasteiger partial charge in [-0.1, -0.05) is 45.9 Å². The third kappa shape index (κ3) is 3.98. The molecular formula is C14H20N2O3. The number of hydrogen-bond donors (Lipinski definition) is 3. The van der Waals surface area contributed by atoms with Crippen LogP contribution in [0.3, 0.4) is 0 Å². The van der Waals surface area contributed by atoms with Crippen molar-refractivity contribution >= 4 is 17.8 Å². The van der Waals surface area contributed by atoms with E-state index in [1.807, 2.05) is 45.9 Å². The second-order valence-corrected chi connectivity index (χ2v) is 5.01. The molecule has 1 aromatic rings. The first-order valence-electron chi connectivity index (χ1n) is 6.26. The Balaban J connectivity index is 3.14.